The van der Waals surface area contributed by atoms with E-state index in [0.29, 0.717) is 6.54 Å². The smallest absolute Gasteiger partial charge is 0.268 e. The van der Waals surface area contributed by atoms with Crippen molar-refractivity contribution in [2.75, 3.05) is 18.0 Å². The normalized spacial score (nSPS) is 14.1. The summed E-state index contributed by atoms with van der Waals surface area (Å²) in [6.07, 6.45) is 5.86. The average molecular weight is 364 g/mol. The molecular weight excluding hydrogens is 340 g/mol. The van der Waals surface area contributed by atoms with Crippen molar-refractivity contribution in [3.05, 3.63) is 65.5 Å². The minimum absolute atomic E-state index is 0.218. The summed E-state index contributed by atoms with van der Waals surface area (Å²) in [5.41, 5.74) is 1.97. The number of amides is 2. The maximum Gasteiger partial charge on any atom is 0.268 e. The standard InChI is InChI=1S/C21H24N4O2/c1-16(26)24-19(13-17-7-3-2-4-8-17)21(27)23-15-18-9-10-20(22-14-18)25-11-5-6-12-25/h2-4,7-10,13-14H,5-6,11-12,15H2,1H3,(H,23,27)(H,24,26)/b19-13-. The maximum atomic E-state index is 12.5. The molecule has 2 heterocycles. The van der Waals surface area contributed by atoms with Gasteiger partial charge in [-0.1, -0.05) is 36.4 Å². The van der Waals surface area contributed by atoms with Gasteiger partial charge >= 0.3 is 0 Å². The lowest BCUT2D eigenvalue weighted by atomic mass is 10.2. The summed E-state index contributed by atoms with van der Waals surface area (Å²) in [5, 5.41) is 5.44. The van der Waals surface area contributed by atoms with Gasteiger partial charge in [-0.2, -0.15) is 0 Å². The first-order valence-electron chi connectivity index (χ1n) is 9.14. The number of anilines is 1. The van der Waals surface area contributed by atoms with Crippen LogP contribution in [0, 0.1) is 0 Å². The fourth-order valence-electron chi connectivity index (χ4n) is 3.00. The van der Waals surface area contributed by atoms with Crippen LogP contribution in [0.5, 0.6) is 0 Å². The number of hydrogen-bond acceptors (Lipinski definition) is 4. The third kappa shape index (κ3) is 5.41. The lowest BCUT2D eigenvalue weighted by Crippen LogP contribution is -2.33. The Kier molecular flexibility index (Phi) is 6.20. The summed E-state index contributed by atoms with van der Waals surface area (Å²) >= 11 is 0. The molecule has 6 nitrogen and oxygen atoms in total. The van der Waals surface area contributed by atoms with Gasteiger partial charge in [0, 0.05) is 32.8 Å². The van der Waals surface area contributed by atoms with Crippen LogP contribution in [0.15, 0.2) is 54.4 Å². The van der Waals surface area contributed by atoms with E-state index in [-0.39, 0.29) is 17.5 Å². The Hall–Kier alpha value is -3.15. The van der Waals surface area contributed by atoms with Crippen molar-refractivity contribution in [1.29, 1.82) is 0 Å². The van der Waals surface area contributed by atoms with E-state index in [9.17, 15) is 9.59 Å². The number of aromatic nitrogens is 1. The molecule has 0 saturated carbocycles. The van der Waals surface area contributed by atoms with E-state index < -0.39 is 0 Å². The Labute approximate surface area is 159 Å². The fourth-order valence-corrected chi connectivity index (χ4v) is 3.00. The van der Waals surface area contributed by atoms with Crippen LogP contribution >= 0.6 is 0 Å². The highest BCUT2D eigenvalue weighted by Crippen LogP contribution is 2.17. The first-order chi connectivity index (χ1) is 13.1. The number of carbonyl (C=O) groups excluding carboxylic acids is 2. The SMILES string of the molecule is CC(=O)N/C(=C\c1ccccc1)C(=O)NCc1ccc(N2CCCC2)nc1. The molecule has 0 aliphatic carbocycles. The highest BCUT2D eigenvalue weighted by atomic mass is 16.2. The quantitative estimate of drug-likeness (QED) is 0.773. The van der Waals surface area contributed by atoms with Gasteiger partial charge in [0.25, 0.3) is 5.91 Å². The number of pyridine rings is 1. The van der Waals surface area contributed by atoms with Crippen molar-refractivity contribution < 1.29 is 9.59 Å². The second kappa shape index (κ2) is 8.98. The van der Waals surface area contributed by atoms with Gasteiger partial charge in [-0.15, -0.1) is 0 Å². The molecule has 2 N–H and O–H groups in total. The van der Waals surface area contributed by atoms with Gasteiger partial charge in [-0.25, -0.2) is 4.98 Å². The Morgan fingerprint density at radius 3 is 2.48 bits per heavy atom. The van der Waals surface area contributed by atoms with Crippen LogP contribution in [0.2, 0.25) is 0 Å². The second-order valence-electron chi connectivity index (χ2n) is 6.55. The molecule has 1 aliphatic heterocycles. The highest BCUT2D eigenvalue weighted by molar-refractivity contribution is 6.00. The maximum absolute atomic E-state index is 12.5. The molecule has 1 saturated heterocycles. The number of nitrogens with zero attached hydrogens (tertiary/aromatic N) is 2. The molecule has 0 radical (unpaired) electrons. The van der Waals surface area contributed by atoms with E-state index >= 15 is 0 Å². The fraction of sp³-hybridized carbons (Fsp3) is 0.286. The van der Waals surface area contributed by atoms with Crippen molar-refractivity contribution in [3.8, 4) is 0 Å². The lowest BCUT2D eigenvalue weighted by molar-refractivity contribution is -0.122. The zero-order valence-corrected chi connectivity index (χ0v) is 15.4. The number of benzene rings is 1. The zero-order chi connectivity index (χ0) is 19.1. The number of hydrogen-bond donors (Lipinski definition) is 2. The van der Waals surface area contributed by atoms with Gasteiger partial charge < -0.3 is 15.5 Å². The van der Waals surface area contributed by atoms with Crippen LogP contribution in [-0.4, -0.2) is 29.9 Å². The largest absolute Gasteiger partial charge is 0.357 e. The monoisotopic (exact) mass is 364 g/mol. The van der Waals surface area contributed by atoms with Crippen molar-refractivity contribution >= 4 is 23.7 Å². The summed E-state index contributed by atoms with van der Waals surface area (Å²) in [4.78, 5) is 30.7. The molecular formula is C21H24N4O2. The Morgan fingerprint density at radius 2 is 1.85 bits per heavy atom. The van der Waals surface area contributed by atoms with Crippen LogP contribution in [0.4, 0.5) is 5.82 Å². The Morgan fingerprint density at radius 1 is 1.11 bits per heavy atom. The molecule has 2 aromatic rings. The van der Waals surface area contributed by atoms with Gasteiger partial charge in [0.1, 0.15) is 11.5 Å². The molecule has 0 unspecified atom stereocenters. The lowest BCUT2D eigenvalue weighted by Gasteiger charge is -2.16. The molecule has 0 atom stereocenters. The predicted molar refractivity (Wildman–Crippen MR) is 106 cm³/mol. The number of nitrogens with one attached hydrogen (secondary N) is 2. The first-order valence-corrected chi connectivity index (χ1v) is 9.14. The van der Waals surface area contributed by atoms with E-state index in [1.165, 1.54) is 19.8 Å². The predicted octanol–water partition coefficient (Wildman–Crippen LogP) is 2.48. The number of rotatable bonds is 6. The molecule has 1 aliphatic rings. The number of carbonyl (C=O) groups is 2. The van der Waals surface area contributed by atoms with Crippen molar-refractivity contribution in [3.63, 3.8) is 0 Å². The van der Waals surface area contributed by atoms with Crippen molar-refractivity contribution in [2.45, 2.75) is 26.3 Å². The van der Waals surface area contributed by atoms with E-state index in [4.69, 9.17) is 0 Å². The molecule has 6 heteroatoms. The van der Waals surface area contributed by atoms with E-state index in [0.717, 1.165) is 30.0 Å². The van der Waals surface area contributed by atoms with Crippen molar-refractivity contribution in [2.24, 2.45) is 0 Å². The molecule has 2 amide bonds. The van der Waals surface area contributed by atoms with E-state index in [1.807, 2.05) is 42.5 Å². The van der Waals surface area contributed by atoms with E-state index in [1.54, 1.807) is 12.3 Å². The van der Waals surface area contributed by atoms with Gasteiger partial charge in [0.05, 0.1) is 0 Å². The molecule has 1 fully saturated rings. The summed E-state index contributed by atoms with van der Waals surface area (Å²) in [6, 6.07) is 13.4. The van der Waals surface area contributed by atoms with Crippen LogP contribution in [0.3, 0.4) is 0 Å². The van der Waals surface area contributed by atoms with Crippen LogP contribution in [0.1, 0.15) is 30.9 Å². The topological polar surface area (TPSA) is 74.3 Å². The summed E-state index contributed by atoms with van der Waals surface area (Å²) in [7, 11) is 0. The first kappa shape index (κ1) is 18.6. The third-order valence-electron chi connectivity index (χ3n) is 4.36. The van der Waals surface area contributed by atoms with Crippen LogP contribution in [0.25, 0.3) is 6.08 Å². The minimum Gasteiger partial charge on any atom is -0.357 e. The minimum atomic E-state index is -0.335. The Bertz CT molecular complexity index is 810. The summed E-state index contributed by atoms with van der Waals surface area (Å²) < 4.78 is 0. The summed E-state index contributed by atoms with van der Waals surface area (Å²) in [5.74, 6) is 0.354. The van der Waals surface area contributed by atoms with Gasteiger partial charge in [0.15, 0.2) is 0 Å². The molecule has 1 aromatic heterocycles. The summed E-state index contributed by atoms with van der Waals surface area (Å²) in [6.45, 7) is 3.83. The molecule has 140 valence electrons. The molecule has 0 bridgehead atoms. The van der Waals surface area contributed by atoms with Crippen LogP contribution < -0.4 is 15.5 Å². The highest BCUT2D eigenvalue weighted by Gasteiger charge is 2.14. The molecule has 0 spiro atoms. The van der Waals surface area contributed by atoms with Crippen molar-refractivity contribution in [1.82, 2.24) is 15.6 Å². The van der Waals surface area contributed by atoms with Crippen LogP contribution in [-0.2, 0) is 16.1 Å². The molecule has 3 rings (SSSR count). The third-order valence-corrected chi connectivity index (χ3v) is 4.36. The van der Waals surface area contributed by atoms with E-state index in [2.05, 4.69) is 20.5 Å². The molecule has 1 aromatic carbocycles. The molecule has 27 heavy (non-hydrogen) atoms. The average Bonchev–Trinajstić information content (AvgIpc) is 3.21. The van der Waals surface area contributed by atoms with Gasteiger partial charge in [-0.3, -0.25) is 9.59 Å². The van der Waals surface area contributed by atoms with Gasteiger partial charge in [0.2, 0.25) is 5.91 Å². The second-order valence-corrected chi connectivity index (χ2v) is 6.55. The van der Waals surface area contributed by atoms with Gasteiger partial charge in [-0.05, 0) is 36.1 Å². The Balaban J connectivity index is 1.63. The zero-order valence-electron chi connectivity index (χ0n) is 15.4.